The molecule has 0 fully saturated rings. The fraction of sp³-hybridized carbons (Fsp3) is 0.412. The molecule has 0 aliphatic carbocycles. The highest BCUT2D eigenvalue weighted by Gasteiger charge is 2.30. The van der Waals surface area contributed by atoms with Gasteiger partial charge in [-0.25, -0.2) is 0 Å². The summed E-state index contributed by atoms with van der Waals surface area (Å²) >= 11 is 0. The Balaban J connectivity index is 1.54. The van der Waals surface area contributed by atoms with E-state index in [0.717, 1.165) is 28.7 Å². The topological polar surface area (TPSA) is 90.9 Å². The standard InChI is InChI=1S/C34H42N4O3/c1-33(2,3)37-31(40)30-24(16-15-23-11-7-9-13-27(23)30)17-18-26(39)21-25-12-8-10-14-28(25)32(41)38(34(4,5)6)22-29-35-19-20-36-29/h7-16H,17-22H2,1-6H3,(H,35,36)(H,37,40). The summed E-state index contributed by atoms with van der Waals surface area (Å²) in [5.41, 5.74) is 1.88. The fourth-order valence-corrected chi connectivity index (χ4v) is 5.12. The summed E-state index contributed by atoms with van der Waals surface area (Å²) < 4.78 is 0. The van der Waals surface area contributed by atoms with Gasteiger partial charge in [0.15, 0.2) is 0 Å². The smallest absolute Gasteiger partial charge is 0.254 e. The molecule has 0 atom stereocenters. The number of carbonyl (C=O) groups excluding carboxylic acids is 3. The van der Waals surface area contributed by atoms with E-state index in [1.807, 2.05) is 101 Å². The predicted octanol–water partition coefficient (Wildman–Crippen LogP) is 5.35. The lowest BCUT2D eigenvalue weighted by Crippen LogP contribution is -2.50. The minimum Gasteiger partial charge on any atom is -0.370 e. The van der Waals surface area contributed by atoms with Crippen molar-refractivity contribution in [2.75, 3.05) is 19.6 Å². The molecule has 41 heavy (non-hydrogen) atoms. The quantitative estimate of drug-likeness (QED) is 0.373. The molecule has 0 radical (unpaired) electrons. The van der Waals surface area contributed by atoms with E-state index in [4.69, 9.17) is 0 Å². The van der Waals surface area contributed by atoms with Crippen molar-refractivity contribution >= 4 is 34.2 Å². The second-order valence-corrected chi connectivity index (χ2v) is 12.7. The molecule has 7 nitrogen and oxygen atoms in total. The first kappa shape index (κ1) is 30.0. The van der Waals surface area contributed by atoms with Crippen LogP contribution in [0, 0.1) is 0 Å². The first-order chi connectivity index (χ1) is 19.3. The van der Waals surface area contributed by atoms with E-state index < -0.39 is 11.1 Å². The van der Waals surface area contributed by atoms with E-state index in [0.29, 0.717) is 36.2 Å². The summed E-state index contributed by atoms with van der Waals surface area (Å²) in [7, 11) is 0. The van der Waals surface area contributed by atoms with Crippen LogP contribution in [0.25, 0.3) is 10.8 Å². The largest absolute Gasteiger partial charge is 0.370 e. The Morgan fingerprint density at radius 2 is 1.61 bits per heavy atom. The van der Waals surface area contributed by atoms with Crippen LogP contribution in [0.5, 0.6) is 0 Å². The van der Waals surface area contributed by atoms with Crippen molar-refractivity contribution in [2.45, 2.75) is 71.9 Å². The molecule has 1 aliphatic rings. The summed E-state index contributed by atoms with van der Waals surface area (Å²) in [6, 6.07) is 19.1. The number of carbonyl (C=O) groups is 3. The molecule has 2 N–H and O–H groups in total. The number of benzene rings is 3. The van der Waals surface area contributed by atoms with Gasteiger partial charge in [-0.3, -0.25) is 19.4 Å². The molecule has 3 aromatic rings. The number of amidine groups is 1. The van der Waals surface area contributed by atoms with Gasteiger partial charge in [0, 0.05) is 36.0 Å². The number of aryl methyl sites for hydroxylation is 1. The third-order valence-electron chi connectivity index (χ3n) is 7.15. The number of hydrogen-bond acceptors (Lipinski definition) is 5. The Hall–Kier alpha value is -4.00. The zero-order valence-electron chi connectivity index (χ0n) is 25.1. The molecule has 0 unspecified atom stereocenters. The number of hydrogen-bond donors (Lipinski definition) is 2. The second kappa shape index (κ2) is 12.2. The van der Waals surface area contributed by atoms with Gasteiger partial charge in [-0.05, 0) is 75.9 Å². The van der Waals surface area contributed by atoms with Gasteiger partial charge in [-0.1, -0.05) is 54.6 Å². The highest BCUT2D eigenvalue weighted by atomic mass is 16.2. The Kier molecular flexibility index (Phi) is 8.95. The number of amides is 2. The number of ketones is 1. The Morgan fingerprint density at radius 3 is 2.29 bits per heavy atom. The average Bonchev–Trinajstić information content (AvgIpc) is 3.42. The number of aliphatic imine (C=N–C) groups is 1. The molecule has 4 rings (SSSR count). The highest BCUT2D eigenvalue weighted by molar-refractivity contribution is 6.08. The predicted molar refractivity (Wildman–Crippen MR) is 166 cm³/mol. The highest BCUT2D eigenvalue weighted by Crippen LogP contribution is 2.25. The molecule has 0 saturated carbocycles. The maximum Gasteiger partial charge on any atom is 0.254 e. The van der Waals surface area contributed by atoms with Crippen molar-refractivity contribution in [3.63, 3.8) is 0 Å². The van der Waals surface area contributed by atoms with Gasteiger partial charge in [0.25, 0.3) is 11.8 Å². The van der Waals surface area contributed by atoms with Crippen LogP contribution < -0.4 is 10.6 Å². The van der Waals surface area contributed by atoms with Gasteiger partial charge in [-0.2, -0.15) is 0 Å². The molecule has 7 heteroatoms. The van der Waals surface area contributed by atoms with Crippen LogP contribution in [-0.4, -0.2) is 59.0 Å². The minimum absolute atomic E-state index is 0.0183. The molecule has 0 aromatic heterocycles. The molecule has 0 spiro atoms. The summed E-state index contributed by atoms with van der Waals surface area (Å²) in [5, 5.41) is 8.20. The van der Waals surface area contributed by atoms with Crippen LogP contribution in [0.3, 0.4) is 0 Å². The van der Waals surface area contributed by atoms with E-state index >= 15 is 0 Å². The van der Waals surface area contributed by atoms with Crippen molar-refractivity contribution < 1.29 is 14.4 Å². The van der Waals surface area contributed by atoms with Gasteiger partial charge in [0.05, 0.1) is 18.7 Å². The van der Waals surface area contributed by atoms with Crippen LogP contribution >= 0.6 is 0 Å². The number of nitrogens with one attached hydrogen (secondary N) is 2. The summed E-state index contributed by atoms with van der Waals surface area (Å²) in [4.78, 5) is 46.8. The second-order valence-electron chi connectivity index (χ2n) is 12.7. The SMILES string of the molecule is CC(C)(C)NC(=O)c1c(CCC(=O)Cc2ccccc2C(=O)N(CC2=NCCN2)C(C)(C)C)ccc2ccccc12. The Bertz CT molecular complexity index is 1480. The lowest BCUT2D eigenvalue weighted by molar-refractivity contribution is -0.118. The lowest BCUT2D eigenvalue weighted by atomic mass is 9.92. The van der Waals surface area contributed by atoms with Gasteiger partial charge in [0.1, 0.15) is 11.6 Å². The van der Waals surface area contributed by atoms with E-state index in [9.17, 15) is 14.4 Å². The maximum absolute atomic E-state index is 13.8. The fourth-order valence-electron chi connectivity index (χ4n) is 5.12. The van der Waals surface area contributed by atoms with E-state index in [2.05, 4.69) is 15.6 Å². The molecule has 1 heterocycles. The van der Waals surface area contributed by atoms with Crippen LogP contribution in [0.4, 0.5) is 0 Å². The van der Waals surface area contributed by atoms with Crippen LogP contribution in [0.15, 0.2) is 65.7 Å². The monoisotopic (exact) mass is 554 g/mol. The Labute approximate surface area is 243 Å². The first-order valence-electron chi connectivity index (χ1n) is 14.4. The van der Waals surface area contributed by atoms with Crippen LogP contribution in [-0.2, 0) is 17.6 Å². The van der Waals surface area contributed by atoms with Gasteiger partial charge in [-0.15, -0.1) is 0 Å². The molecule has 216 valence electrons. The van der Waals surface area contributed by atoms with Crippen LogP contribution in [0.2, 0.25) is 0 Å². The van der Waals surface area contributed by atoms with Gasteiger partial charge in [0.2, 0.25) is 0 Å². The summed E-state index contributed by atoms with van der Waals surface area (Å²) in [5.74, 6) is 0.567. The van der Waals surface area contributed by atoms with Crippen molar-refractivity contribution in [2.24, 2.45) is 4.99 Å². The number of rotatable bonds is 9. The van der Waals surface area contributed by atoms with Crippen molar-refractivity contribution in [3.8, 4) is 0 Å². The van der Waals surface area contributed by atoms with E-state index in [1.165, 1.54) is 0 Å². The van der Waals surface area contributed by atoms with Crippen molar-refractivity contribution in [1.82, 2.24) is 15.5 Å². The molecule has 0 saturated heterocycles. The number of Topliss-reactive ketones (excluding diaryl/α,β-unsaturated/α-hetero) is 1. The number of nitrogens with zero attached hydrogens (tertiary/aromatic N) is 2. The van der Waals surface area contributed by atoms with Crippen LogP contribution in [0.1, 0.15) is 79.8 Å². The van der Waals surface area contributed by atoms with E-state index in [1.54, 1.807) is 6.07 Å². The zero-order chi connectivity index (χ0) is 29.8. The molecule has 0 bridgehead atoms. The maximum atomic E-state index is 13.8. The molecule has 2 amide bonds. The normalized spacial score (nSPS) is 13.5. The lowest BCUT2D eigenvalue weighted by Gasteiger charge is -2.36. The first-order valence-corrected chi connectivity index (χ1v) is 14.4. The number of fused-ring (bicyclic) bond motifs is 1. The van der Waals surface area contributed by atoms with Crippen molar-refractivity contribution in [1.29, 1.82) is 0 Å². The molecular weight excluding hydrogens is 512 g/mol. The van der Waals surface area contributed by atoms with Gasteiger partial charge >= 0.3 is 0 Å². The third-order valence-corrected chi connectivity index (χ3v) is 7.15. The average molecular weight is 555 g/mol. The van der Waals surface area contributed by atoms with Gasteiger partial charge < -0.3 is 15.5 Å². The zero-order valence-corrected chi connectivity index (χ0v) is 25.1. The molecule has 3 aromatic carbocycles. The van der Waals surface area contributed by atoms with E-state index in [-0.39, 0.29) is 30.4 Å². The molecular formula is C34H42N4O3. The Morgan fingerprint density at radius 1 is 0.902 bits per heavy atom. The minimum atomic E-state index is -0.429. The molecule has 1 aliphatic heterocycles. The third kappa shape index (κ3) is 7.60. The van der Waals surface area contributed by atoms with Crippen molar-refractivity contribution in [3.05, 3.63) is 82.9 Å². The summed E-state index contributed by atoms with van der Waals surface area (Å²) in [6.45, 7) is 13.8. The summed E-state index contributed by atoms with van der Waals surface area (Å²) in [6.07, 6.45) is 0.850.